The van der Waals surface area contributed by atoms with Crippen molar-refractivity contribution in [3.8, 4) is 0 Å². The molecule has 0 aromatic heterocycles. The number of hydrogen-bond acceptors (Lipinski definition) is 2. The standard InChI is InChI=1S/C18H36N2/c1-4-11-19-18-7-5-16(6-8-18)14-20-12-9-17(10-13-20)15(2)3/h15-19H,4-14H2,1-3H3. The van der Waals surface area contributed by atoms with Crippen LogP contribution < -0.4 is 5.32 Å². The van der Waals surface area contributed by atoms with Gasteiger partial charge in [-0.2, -0.15) is 0 Å². The quantitative estimate of drug-likeness (QED) is 0.793. The normalized spacial score (nSPS) is 30.0. The predicted molar refractivity (Wildman–Crippen MR) is 88.0 cm³/mol. The molecule has 2 fully saturated rings. The fourth-order valence-corrected chi connectivity index (χ4v) is 4.06. The summed E-state index contributed by atoms with van der Waals surface area (Å²) in [6, 6.07) is 0.817. The monoisotopic (exact) mass is 280 g/mol. The van der Waals surface area contributed by atoms with E-state index in [2.05, 4.69) is 31.0 Å². The summed E-state index contributed by atoms with van der Waals surface area (Å²) >= 11 is 0. The van der Waals surface area contributed by atoms with Gasteiger partial charge in [-0.3, -0.25) is 0 Å². The first-order valence-corrected chi connectivity index (χ1v) is 9.14. The first-order valence-electron chi connectivity index (χ1n) is 9.14. The summed E-state index contributed by atoms with van der Waals surface area (Å²) in [5, 5.41) is 3.70. The van der Waals surface area contributed by atoms with Crippen LogP contribution in [0.4, 0.5) is 0 Å². The average Bonchev–Trinajstić information content (AvgIpc) is 2.47. The Balaban J connectivity index is 1.61. The molecule has 1 saturated heterocycles. The lowest BCUT2D eigenvalue weighted by Crippen LogP contribution is -2.40. The van der Waals surface area contributed by atoms with E-state index in [-0.39, 0.29) is 0 Å². The summed E-state index contributed by atoms with van der Waals surface area (Å²) in [5.41, 5.74) is 0. The molecular formula is C18H36N2. The van der Waals surface area contributed by atoms with Crippen molar-refractivity contribution in [3.63, 3.8) is 0 Å². The number of rotatable bonds is 6. The third kappa shape index (κ3) is 5.04. The van der Waals surface area contributed by atoms with Crippen LogP contribution >= 0.6 is 0 Å². The first-order chi connectivity index (χ1) is 9.69. The maximum Gasteiger partial charge on any atom is 0.00672 e. The maximum atomic E-state index is 3.70. The van der Waals surface area contributed by atoms with Crippen molar-refractivity contribution in [1.82, 2.24) is 10.2 Å². The van der Waals surface area contributed by atoms with Gasteiger partial charge < -0.3 is 10.2 Å². The largest absolute Gasteiger partial charge is 0.314 e. The molecular weight excluding hydrogens is 244 g/mol. The topological polar surface area (TPSA) is 15.3 Å². The van der Waals surface area contributed by atoms with Crippen LogP contribution in [0.3, 0.4) is 0 Å². The van der Waals surface area contributed by atoms with Gasteiger partial charge in [0, 0.05) is 12.6 Å². The van der Waals surface area contributed by atoms with Crippen molar-refractivity contribution in [2.75, 3.05) is 26.2 Å². The van der Waals surface area contributed by atoms with Gasteiger partial charge in [-0.1, -0.05) is 20.8 Å². The fraction of sp³-hybridized carbons (Fsp3) is 1.00. The third-order valence-corrected chi connectivity index (χ3v) is 5.62. The molecule has 118 valence electrons. The van der Waals surface area contributed by atoms with E-state index in [1.165, 1.54) is 71.1 Å². The second-order valence-corrected chi connectivity index (χ2v) is 7.55. The second-order valence-electron chi connectivity index (χ2n) is 7.55. The minimum atomic E-state index is 0.817. The Bertz CT molecular complexity index is 248. The minimum Gasteiger partial charge on any atom is -0.314 e. The van der Waals surface area contributed by atoms with Gasteiger partial charge >= 0.3 is 0 Å². The highest BCUT2D eigenvalue weighted by atomic mass is 15.1. The number of nitrogens with one attached hydrogen (secondary N) is 1. The van der Waals surface area contributed by atoms with E-state index in [1.807, 2.05) is 0 Å². The molecule has 0 bridgehead atoms. The van der Waals surface area contributed by atoms with E-state index in [4.69, 9.17) is 0 Å². The van der Waals surface area contributed by atoms with Crippen molar-refractivity contribution < 1.29 is 0 Å². The molecule has 0 unspecified atom stereocenters. The fourth-order valence-electron chi connectivity index (χ4n) is 4.06. The molecule has 2 aliphatic rings. The lowest BCUT2D eigenvalue weighted by atomic mass is 9.83. The van der Waals surface area contributed by atoms with Crippen molar-refractivity contribution in [3.05, 3.63) is 0 Å². The molecule has 2 nitrogen and oxygen atoms in total. The smallest absolute Gasteiger partial charge is 0.00672 e. The molecule has 2 heteroatoms. The van der Waals surface area contributed by atoms with E-state index in [1.54, 1.807) is 0 Å². The number of nitrogens with zero attached hydrogens (tertiary/aromatic N) is 1. The lowest BCUT2D eigenvalue weighted by molar-refractivity contribution is 0.124. The van der Waals surface area contributed by atoms with Crippen molar-refractivity contribution in [1.29, 1.82) is 0 Å². The van der Waals surface area contributed by atoms with Crippen LogP contribution in [0.5, 0.6) is 0 Å². The van der Waals surface area contributed by atoms with Gasteiger partial charge in [0.05, 0.1) is 0 Å². The van der Waals surface area contributed by atoms with E-state index < -0.39 is 0 Å². The predicted octanol–water partition coefficient (Wildman–Crippen LogP) is 3.91. The molecule has 0 atom stereocenters. The number of likely N-dealkylation sites (tertiary alicyclic amines) is 1. The van der Waals surface area contributed by atoms with Gasteiger partial charge in [0.1, 0.15) is 0 Å². The van der Waals surface area contributed by atoms with E-state index >= 15 is 0 Å². The SMILES string of the molecule is CCCNC1CCC(CN2CCC(C(C)C)CC2)CC1. The van der Waals surface area contributed by atoms with Crippen LogP contribution in [0.2, 0.25) is 0 Å². The molecule has 2 rings (SSSR count). The molecule has 1 aliphatic heterocycles. The number of piperidine rings is 1. The molecule has 1 saturated carbocycles. The van der Waals surface area contributed by atoms with Gasteiger partial charge in [0.25, 0.3) is 0 Å². The zero-order valence-corrected chi connectivity index (χ0v) is 14.0. The van der Waals surface area contributed by atoms with Crippen LogP contribution in [-0.2, 0) is 0 Å². The van der Waals surface area contributed by atoms with Gasteiger partial charge in [-0.15, -0.1) is 0 Å². The molecule has 1 N–H and O–H groups in total. The molecule has 0 spiro atoms. The minimum absolute atomic E-state index is 0.817. The van der Waals surface area contributed by atoms with Gasteiger partial charge in [0.15, 0.2) is 0 Å². The highest BCUT2D eigenvalue weighted by Crippen LogP contribution is 2.28. The molecule has 20 heavy (non-hydrogen) atoms. The summed E-state index contributed by atoms with van der Waals surface area (Å²) < 4.78 is 0. The summed E-state index contributed by atoms with van der Waals surface area (Å²) in [5.74, 6) is 2.85. The molecule has 1 aliphatic carbocycles. The number of hydrogen-bond donors (Lipinski definition) is 1. The Morgan fingerprint density at radius 2 is 1.65 bits per heavy atom. The first kappa shape index (κ1) is 16.3. The van der Waals surface area contributed by atoms with Crippen molar-refractivity contribution >= 4 is 0 Å². The Kier molecular flexibility index (Phi) is 6.83. The molecule has 1 heterocycles. The highest BCUT2D eigenvalue weighted by molar-refractivity contribution is 4.81. The van der Waals surface area contributed by atoms with Crippen molar-refractivity contribution in [2.24, 2.45) is 17.8 Å². The Labute approximate surface area is 126 Å². The Morgan fingerprint density at radius 3 is 2.20 bits per heavy atom. The average molecular weight is 280 g/mol. The van der Waals surface area contributed by atoms with E-state index in [0.717, 1.165) is 23.8 Å². The van der Waals surface area contributed by atoms with Crippen LogP contribution in [0.25, 0.3) is 0 Å². The zero-order chi connectivity index (χ0) is 14.4. The summed E-state index contributed by atoms with van der Waals surface area (Å²) in [7, 11) is 0. The lowest BCUT2D eigenvalue weighted by Gasteiger charge is -2.37. The van der Waals surface area contributed by atoms with Crippen LogP contribution in [0.1, 0.15) is 65.7 Å². The van der Waals surface area contributed by atoms with E-state index in [9.17, 15) is 0 Å². The van der Waals surface area contributed by atoms with Crippen molar-refractivity contribution in [2.45, 2.75) is 71.8 Å². The highest BCUT2D eigenvalue weighted by Gasteiger charge is 2.26. The van der Waals surface area contributed by atoms with Gasteiger partial charge in [-0.05, 0) is 82.3 Å². The summed E-state index contributed by atoms with van der Waals surface area (Å²) in [6.07, 6.45) is 9.86. The molecule has 0 aromatic carbocycles. The van der Waals surface area contributed by atoms with Crippen LogP contribution in [0.15, 0.2) is 0 Å². The summed E-state index contributed by atoms with van der Waals surface area (Å²) in [4.78, 5) is 2.75. The zero-order valence-electron chi connectivity index (χ0n) is 14.0. The third-order valence-electron chi connectivity index (χ3n) is 5.62. The summed E-state index contributed by atoms with van der Waals surface area (Å²) in [6.45, 7) is 12.4. The van der Waals surface area contributed by atoms with E-state index in [0.29, 0.717) is 0 Å². The molecule has 0 radical (unpaired) electrons. The van der Waals surface area contributed by atoms with Gasteiger partial charge in [-0.25, -0.2) is 0 Å². The van der Waals surface area contributed by atoms with Crippen LogP contribution in [0, 0.1) is 17.8 Å². The van der Waals surface area contributed by atoms with Crippen LogP contribution in [-0.4, -0.2) is 37.1 Å². The maximum absolute atomic E-state index is 3.70. The molecule has 0 amide bonds. The van der Waals surface area contributed by atoms with Gasteiger partial charge in [0.2, 0.25) is 0 Å². The molecule has 0 aromatic rings. The Morgan fingerprint density at radius 1 is 1.00 bits per heavy atom. The Hall–Kier alpha value is -0.0800. The second kappa shape index (κ2) is 8.38.